The van der Waals surface area contributed by atoms with E-state index >= 15 is 0 Å². The second-order valence-electron chi connectivity index (χ2n) is 2.80. The first-order chi connectivity index (χ1) is 6.13. The van der Waals surface area contributed by atoms with Crippen LogP contribution in [0.25, 0.3) is 0 Å². The Morgan fingerprint density at radius 1 is 1.77 bits per heavy atom. The lowest BCUT2D eigenvalue weighted by Gasteiger charge is -2.20. The summed E-state index contributed by atoms with van der Waals surface area (Å²) in [7, 11) is 0. The fraction of sp³-hybridized carbons (Fsp3) is 0.556. The van der Waals surface area contributed by atoms with E-state index in [1.165, 1.54) is 13.0 Å². The van der Waals surface area contributed by atoms with E-state index < -0.39 is 12.1 Å². The first-order valence-electron chi connectivity index (χ1n) is 4.21. The van der Waals surface area contributed by atoms with E-state index in [9.17, 15) is 9.59 Å². The van der Waals surface area contributed by atoms with E-state index in [-0.39, 0.29) is 18.1 Å². The third-order valence-electron chi connectivity index (χ3n) is 1.70. The topological polar surface area (TPSA) is 52.6 Å². The van der Waals surface area contributed by atoms with Crippen LogP contribution in [0.15, 0.2) is 12.0 Å². The van der Waals surface area contributed by atoms with Crippen molar-refractivity contribution in [1.82, 2.24) is 0 Å². The molecule has 0 bridgehead atoms. The number of rotatable bonds is 2. The van der Waals surface area contributed by atoms with Crippen LogP contribution in [0, 0.1) is 0 Å². The summed E-state index contributed by atoms with van der Waals surface area (Å²) in [6.45, 7) is 3.14. The smallest absolute Gasteiger partial charge is 0.310 e. The predicted molar refractivity (Wildman–Crippen MR) is 44.6 cm³/mol. The highest BCUT2D eigenvalue weighted by Crippen LogP contribution is 2.17. The molecule has 72 valence electrons. The van der Waals surface area contributed by atoms with Gasteiger partial charge in [0.1, 0.15) is 0 Å². The van der Waals surface area contributed by atoms with Crippen molar-refractivity contribution in [1.29, 1.82) is 0 Å². The molecule has 0 saturated carbocycles. The van der Waals surface area contributed by atoms with Crippen LogP contribution < -0.4 is 0 Å². The van der Waals surface area contributed by atoms with Gasteiger partial charge < -0.3 is 9.47 Å². The Balaban J connectivity index is 2.59. The van der Waals surface area contributed by atoms with Gasteiger partial charge in [-0.25, -0.2) is 0 Å². The van der Waals surface area contributed by atoms with Crippen LogP contribution in [0.4, 0.5) is 0 Å². The fourth-order valence-corrected chi connectivity index (χ4v) is 1.09. The van der Waals surface area contributed by atoms with Crippen LogP contribution in [0.3, 0.4) is 0 Å². The highest BCUT2D eigenvalue weighted by Gasteiger charge is 2.24. The highest BCUT2D eigenvalue weighted by atomic mass is 16.7. The van der Waals surface area contributed by atoms with Gasteiger partial charge in [-0.15, -0.1) is 0 Å². The summed E-state index contributed by atoms with van der Waals surface area (Å²) in [5, 5.41) is 0. The van der Waals surface area contributed by atoms with Crippen molar-refractivity contribution in [3.63, 3.8) is 0 Å². The monoisotopic (exact) mass is 184 g/mol. The molecular formula is C9H12O4. The maximum atomic E-state index is 11.1. The SMILES string of the molecule is CCC1OC(OC(C)=O)=CCC1=O. The number of esters is 1. The van der Waals surface area contributed by atoms with Gasteiger partial charge in [-0.3, -0.25) is 9.59 Å². The number of allylic oxidation sites excluding steroid dienone is 1. The summed E-state index contributed by atoms with van der Waals surface area (Å²) in [4.78, 5) is 21.7. The van der Waals surface area contributed by atoms with Crippen LogP contribution in [0.5, 0.6) is 0 Å². The van der Waals surface area contributed by atoms with Gasteiger partial charge in [0.25, 0.3) is 5.95 Å². The average molecular weight is 184 g/mol. The number of hydrogen-bond donors (Lipinski definition) is 0. The summed E-state index contributed by atoms with van der Waals surface area (Å²) in [6.07, 6.45) is 1.90. The molecule has 0 amide bonds. The molecule has 0 aliphatic carbocycles. The zero-order valence-electron chi connectivity index (χ0n) is 7.70. The molecule has 1 aliphatic heterocycles. The van der Waals surface area contributed by atoms with Crippen LogP contribution in [0.1, 0.15) is 26.7 Å². The Morgan fingerprint density at radius 2 is 2.46 bits per heavy atom. The molecule has 0 aromatic heterocycles. The zero-order chi connectivity index (χ0) is 9.84. The van der Waals surface area contributed by atoms with Crippen molar-refractivity contribution >= 4 is 11.8 Å². The highest BCUT2D eigenvalue weighted by molar-refractivity contribution is 5.85. The maximum Gasteiger partial charge on any atom is 0.310 e. The van der Waals surface area contributed by atoms with Gasteiger partial charge >= 0.3 is 5.97 Å². The van der Waals surface area contributed by atoms with E-state index in [2.05, 4.69) is 0 Å². The number of Topliss-reactive ketones (excluding diaryl/α,β-unsaturated/α-hetero) is 1. The van der Waals surface area contributed by atoms with Gasteiger partial charge in [0, 0.05) is 19.4 Å². The van der Waals surface area contributed by atoms with Gasteiger partial charge in [-0.05, 0) is 6.42 Å². The molecule has 1 unspecified atom stereocenters. The lowest BCUT2D eigenvalue weighted by Crippen LogP contribution is -2.27. The van der Waals surface area contributed by atoms with E-state index in [0.717, 1.165) is 0 Å². The normalized spacial score (nSPS) is 21.8. The minimum Gasteiger partial charge on any atom is -0.454 e. The van der Waals surface area contributed by atoms with E-state index in [4.69, 9.17) is 9.47 Å². The number of ether oxygens (including phenoxy) is 2. The van der Waals surface area contributed by atoms with E-state index in [1.807, 2.05) is 6.92 Å². The third-order valence-corrected chi connectivity index (χ3v) is 1.70. The molecule has 0 N–H and O–H groups in total. The van der Waals surface area contributed by atoms with Gasteiger partial charge in [0.05, 0.1) is 0 Å². The summed E-state index contributed by atoms with van der Waals surface area (Å²) < 4.78 is 9.85. The molecule has 0 spiro atoms. The number of hydrogen-bond acceptors (Lipinski definition) is 4. The minimum atomic E-state index is -0.459. The molecule has 1 atom stereocenters. The molecule has 13 heavy (non-hydrogen) atoms. The largest absolute Gasteiger partial charge is 0.454 e. The van der Waals surface area contributed by atoms with E-state index in [0.29, 0.717) is 6.42 Å². The van der Waals surface area contributed by atoms with Gasteiger partial charge in [-0.1, -0.05) is 6.92 Å². The summed E-state index contributed by atoms with van der Waals surface area (Å²) >= 11 is 0. The number of ketones is 1. The van der Waals surface area contributed by atoms with Crippen LogP contribution in [-0.4, -0.2) is 17.9 Å². The first-order valence-corrected chi connectivity index (χ1v) is 4.21. The molecular weight excluding hydrogens is 172 g/mol. The summed E-state index contributed by atoms with van der Waals surface area (Å²) in [5.41, 5.74) is 0. The lowest BCUT2D eigenvalue weighted by atomic mass is 10.1. The molecule has 0 saturated heterocycles. The zero-order valence-corrected chi connectivity index (χ0v) is 7.70. The van der Waals surface area contributed by atoms with Crippen LogP contribution in [-0.2, 0) is 19.1 Å². The second-order valence-corrected chi connectivity index (χ2v) is 2.80. The Labute approximate surface area is 76.5 Å². The quantitative estimate of drug-likeness (QED) is 0.604. The molecule has 1 rings (SSSR count). The first kappa shape index (κ1) is 9.77. The van der Waals surface area contributed by atoms with Crippen molar-refractivity contribution in [3.8, 4) is 0 Å². The molecule has 0 aromatic rings. The minimum absolute atomic E-state index is 0.0263. The van der Waals surface area contributed by atoms with Crippen molar-refractivity contribution in [2.75, 3.05) is 0 Å². The number of carbonyl (C=O) groups is 2. The summed E-state index contributed by atoms with van der Waals surface area (Å²) in [6, 6.07) is 0. The van der Waals surface area contributed by atoms with Crippen LogP contribution >= 0.6 is 0 Å². The van der Waals surface area contributed by atoms with Gasteiger partial charge in [-0.2, -0.15) is 0 Å². The third kappa shape index (κ3) is 2.57. The molecule has 0 aromatic carbocycles. The summed E-state index contributed by atoms with van der Waals surface area (Å²) in [5.74, 6) is -0.257. The van der Waals surface area contributed by atoms with Crippen molar-refractivity contribution < 1.29 is 19.1 Å². The van der Waals surface area contributed by atoms with Crippen molar-refractivity contribution in [3.05, 3.63) is 12.0 Å². The predicted octanol–water partition coefficient (Wildman–Crippen LogP) is 1.16. The van der Waals surface area contributed by atoms with Crippen LogP contribution in [0.2, 0.25) is 0 Å². The van der Waals surface area contributed by atoms with Crippen molar-refractivity contribution in [2.24, 2.45) is 0 Å². The number of carbonyl (C=O) groups excluding carboxylic acids is 2. The Kier molecular flexibility index (Phi) is 3.06. The lowest BCUT2D eigenvalue weighted by molar-refractivity contribution is -0.149. The maximum absolute atomic E-state index is 11.1. The second kappa shape index (κ2) is 4.07. The molecule has 0 fully saturated rings. The standard InChI is InChI=1S/C9H12O4/c1-3-8-7(11)4-5-9(13-8)12-6(2)10/h5,8H,3-4H2,1-2H3. The fourth-order valence-electron chi connectivity index (χ4n) is 1.09. The Hall–Kier alpha value is -1.32. The Bertz CT molecular complexity index is 254. The van der Waals surface area contributed by atoms with Gasteiger partial charge in [0.15, 0.2) is 11.9 Å². The average Bonchev–Trinajstić information content (AvgIpc) is 2.07. The Morgan fingerprint density at radius 3 is 3.00 bits per heavy atom. The van der Waals surface area contributed by atoms with Crippen molar-refractivity contribution in [2.45, 2.75) is 32.8 Å². The molecule has 1 heterocycles. The van der Waals surface area contributed by atoms with Gasteiger partial charge in [0.2, 0.25) is 0 Å². The molecule has 4 nitrogen and oxygen atoms in total. The molecule has 4 heteroatoms. The molecule has 1 aliphatic rings. The van der Waals surface area contributed by atoms with E-state index in [1.54, 1.807) is 0 Å². The molecule has 0 radical (unpaired) electrons.